The van der Waals surface area contributed by atoms with E-state index in [2.05, 4.69) is 31.1 Å². The standard InChI is InChI=1S/C16H15BrN4O2S/c1-21(9-13-8-12(17)10-24-13)15(22)3-2-14-19-16(20-23-14)11-4-6-18-7-5-11/h4-8,10H,2-3,9H2,1H3. The van der Waals surface area contributed by atoms with Crippen LogP contribution < -0.4 is 0 Å². The van der Waals surface area contributed by atoms with E-state index in [-0.39, 0.29) is 5.91 Å². The predicted octanol–water partition coefficient (Wildman–Crippen LogP) is 3.55. The number of amides is 1. The number of rotatable bonds is 6. The zero-order valence-corrected chi connectivity index (χ0v) is 15.4. The number of pyridine rings is 1. The first kappa shape index (κ1) is 16.8. The van der Waals surface area contributed by atoms with E-state index < -0.39 is 0 Å². The number of hydrogen-bond donors (Lipinski definition) is 0. The lowest BCUT2D eigenvalue weighted by Gasteiger charge is -2.15. The van der Waals surface area contributed by atoms with Crippen LogP contribution in [-0.4, -0.2) is 33.0 Å². The average molecular weight is 407 g/mol. The monoisotopic (exact) mass is 406 g/mol. The summed E-state index contributed by atoms with van der Waals surface area (Å²) in [4.78, 5) is 23.3. The Morgan fingerprint density at radius 3 is 2.88 bits per heavy atom. The number of thiophene rings is 1. The van der Waals surface area contributed by atoms with Gasteiger partial charge in [-0.2, -0.15) is 4.98 Å². The molecule has 1 amide bonds. The lowest BCUT2D eigenvalue weighted by molar-refractivity contribution is -0.130. The topological polar surface area (TPSA) is 72.1 Å². The fourth-order valence-corrected chi connectivity index (χ4v) is 3.64. The molecule has 0 fully saturated rings. The van der Waals surface area contributed by atoms with Crippen LogP contribution in [0.4, 0.5) is 0 Å². The summed E-state index contributed by atoms with van der Waals surface area (Å²) in [5.74, 6) is 1.02. The number of carbonyl (C=O) groups excluding carboxylic acids is 1. The molecule has 0 aromatic carbocycles. The van der Waals surface area contributed by atoms with Gasteiger partial charge in [-0.25, -0.2) is 0 Å². The molecule has 6 nitrogen and oxygen atoms in total. The maximum Gasteiger partial charge on any atom is 0.227 e. The van der Waals surface area contributed by atoms with Gasteiger partial charge < -0.3 is 9.42 Å². The van der Waals surface area contributed by atoms with Crippen LogP contribution in [-0.2, 0) is 17.8 Å². The van der Waals surface area contributed by atoms with Gasteiger partial charge in [0, 0.05) is 52.6 Å². The number of nitrogens with zero attached hydrogens (tertiary/aromatic N) is 4. The third-order valence-corrected chi connectivity index (χ3v) is 5.08. The molecule has 3 heterocycles. The van der Waals surface area contributed by atoms with Crippen molar-refractivity contribution in [2.24, 2.45) is 0 Å². The smallest absolute Gasteiger partial charge is 0.227 e. The summed E-state index contributed by atoms with van der Waals surface area (Å²) in [7, 11) is 1.80. The van der Waals surface area contributed by atoms with Crippen LogP contribution in [0.25, 0.3) is 11.4 Å². The van der Waals surface area contributed by atoms with Gasteiger partial charge in [-0.15, -0.1) is 11.3 Å². The highest BCUT2D eigenvalue weighted by atomic mass is 79.9. The van der Waals surface area contributed by atoms with Crippen molar-refractivity contribution in [1.29, 1.82) is 0 Å². The van der Waals surface area contributed by atoms with Crippen LogP contribution in [0.1, 0.15) is 17.2 Å². The summed E-state index contributed by atoms with van der Waals surface area (Å²) in [6.45, 7) is 0.598. The zero-order chi connectivity index (χ0) is 16.9. The van der Waals surface area contributed by atoms with Gasteiger partial charge in [0.05, 0.1) is 6.54 Å². The number of aromatic nitrogens is 3. The molecule has 3 aromatic heterocycles. The number of halogens is 1. The SMILES string of the molecule is CN(Cc1cc(Br)cs1)C(=O)CCc1nc(-c2ccncc2)no1. The Kier molecular flexibility index (Phi) is 5.37. The van der Waals surface area contributed by atoms with E-state index in [4.69, 9.17) is 4.52 Å². The van der Waals surface area contributed by atoms with Crippen LogP contribution in [0.5, 0.6) is 0 Å². The molecule has 0 aliphatic rings. The third kappa shape index (κ3) is 4.27. The fourth-order valence-electron chi connectivity index (χ4n) is 2.14. The largest absolute Gasteiger partial charge is 0.341 e. The summed E-state index contributed by atoms with van der Waals surface area (Å²) < 4.78 is 6.25. The van der Waals surface area contributed by atoms with E-state index in [1.807, 2.05) is 23.6 Å². The van der Waals surface area contributed by atoms with Crippen LogP contribution in [0.15, 0.2) is 45.0 Å². The minimum absolute atomic E-state index is 0.0446. The normalized spacial score (nSPS) is 10.8. The second-order valence-corrected chi connectivity index (χ2v) is 7.14. The van der Waals surface area contributed by atoms with Crippen LogP contribution in [0.3, 0.4) is 0 Å². The van der Waals surface area contributed by atoms with Crippen molar-refractivity contribution in [3.05, 3.63) is 51.2 Å². The van der Waals surface area contributed by atoms with E-state index in [9.17, 15) is 4.79 Å². The molecule has 3 aromatic rings. The molecule has 24 heavy (non-hydrogen) atoms. The van der Waals surface area contributed by atoms with Gasteiger partial charge in [-0.1, -0.05) is 5.16 Å². The molecule has 0 saturated carbocycles. The molecular formula is C16H15BrN4O2S. The highest BCUT2D eigenvalue weighted by Gasteiger charge is 2.14. The van der Waals surface area contributed by atoms with E-state index >= 15 is 0 Å². The number of aryl methyl sites for hydroxylation is 1. The first-order valence-corrected chi connectivity index (χ1v) is 8.99. The summed E-state index contributed by atoms with van der Waals surface area (Å²) in [6.07, 6.45) is 4.11. The summed E-state index contributed by atoms with van der Waals surface area (Å²) in [5.41, 5.74) is 0.840. The molecule has 124 valence electrons. The van der Waals surface area contributed by atoms with Crippen LogP contribution in [0.2, 0.25) is 0 Å². The van der Waals surface area contributed by atoms with Crippen molar-refractivity contribution in [3.8, 4) is 11.4 Å². The molecule has 0 atom stereocenters. The van der Waals surface area contributed by atoms with Gasteiger partial charge in [-0.3, -0.25) is 9.78 Å². The van der Waals surface area contributed by atoms with E-state index in [1.165, 1.54) is 0 Å². The highest BCUT2D eigenvalue weighted by Crippen LogP contribution is 2.21. The average Bonchev–Trinajstić information content (AvgIpc) is 3.22. The van der Waals surface area contributed by atoms with Gasteiger partial charge >= 0.3 is 0 Å². The number of carbonyl (C=O) groups is 1. The van der Waals surface area contributed by atoms with Gasteiger partial charge in [0.25, 0.3) is 0 Å². The van der Waals surface area contributed by atoms with Crippen molar-refractivity contribution in [2.45, 2.75) is 19.4 Å². The highest BCUT2D eigenvalue weighted by molar-refractivity contribution is 9.10. The molecule has 0 spiro atoms. The fraction of sp³-hybridized carbons (Fsp3) is 0.250. The van der Waals surface area contributed by atoms with E-state index in [0.29, 0.717) is 31.1 Å². The lowest BCUT2D eigenvalue weighted by atomic mass is 10.2. The Hall–Kier alpha value is -2.06. The lowest BCUT2D eigenvalue weighted by Crippen LogP contribution is -2.26. The maximum absolute atomic E-state index is 12.2. The predicted molar refractivity (Wildman–Crippen MR) is 94.3 cm³/mol. The van der Waals surface area contributed by atoms with Crippen molar-refractivity contribution in [1.82, 2.24) is 20.0 Å². The minimum Gasteiger partial charge on any atom is -0.341 e. The third-order valence-electron chi connectivity index (χ3n) is 3.40. The molecule has 0 bridgehead atoms. The quantitative estimate of drug-likeness (QED) is 0.625. The molecule has 0 aliphatic carbocycles. The molecule has 0 unspecified atom stereocenters. The second-order valence-electron chi connectivity index (χ2n) is 5.23. The van der Waals surface area contributed by atoms with Crippen molar-refractivity contribution in [3.63, 3.8) is 0 Å². The molecule has 0 N–H and O–H groups in total. The zero-order valence-electron chi connectivity index (χ0n) is 13.0. The Labute approximate surface area is 151 Å². The first-order chi connectivity index (χ1) is 11.6. The Balaban J connectivity index is 1.53. The summed E-state index contributed by atoms with van der Waals surface area (Å²) in [6, 6.07) is 5.65. The van der Waals surface area contributed by atoms with Gasteiger partial charge in [-0.05, 0) is 34.1 Å². The summed E-state index contributed by atoms with van der Waals surface area (Å²) in [5, 5.41) is 5.94. The minimum atomic E-state index is 0.0446. The Morgan fingerprint density at radius 1 is 1.38 bits per heavy atom. The van der Waals surface area contributed by atoms with Crippen molar-refractivity contribution in [2.75, 3.05) is 7.05 Å². The first-order valence-electron chi connectivity index (χ1n) is 7.31. The number of hydrogen-bond acceptors (Lipinski definition) is 6. The van der Waals surface area contributed by atoms with Gasteiger partial charge in [0.1, 0.15) is 0 Å². The van der Waals surface area contributed by atoms with Crippen LogP contribution in [0, 0.1) is 0 Å². The van der Waals surface area contributed by atoms with Crippen molar-refractivity contribution < 1.29 is 9.32 Å². The van der Waals surface area contributed by atoms with Crippen LogP contribution >= 0.6 is 27.3 Å². The Bertz CT molecular complexity index is 818. The van der Waals surface area contributed by atoms with E-state index in [1.54, 1.807) is 35.7 Å². The Morgan fingerprint density at radius 2 is 2.17 bits per heavy atom. The molecule has 0 radical (unpaired) electrons. The maximum atomic E-state index is 12.2. The second kappa shape index (κ2) is 7.67. The van der Waals surface area contributed by atoms with Gasteiger partial charge in [0.15, 0.2) is 0 Å². The molecule has 0 aliphatic heterocycles. The molecule has 8 heteroatoms. The molecule has 3 rings (SSSR count). The molecular weight excluding hydrogens is 392 g/mol. The summed E-state index contributed by atoms with van der Waals surface area (Å²) >= 11 is 5.04. The van der Waals surface area contributed by atoms with E-state index in [0.717, 1.165) is 14.9 Å². The molecule has 0 saturated heterocycles. The van der Waals surface area contributed by atoms with Crippen molar-refractivity contribution >= 4 is 33.2 Å². The van der Waals surface area contributed by atoms with Gasteiger partial charge in [0.2, 0.25) is 17.6 Å².